The number of thioether (sulfide) groups is 1. The van der Waals surface area contributed by atoms with E-state index >= 15 is 0 Å². The number of aromatic nitrogens is 1. The maximum atomic E-state index is 10.00. The first-order valence-electron chi connectivity index (χ1n) is 6.26. The third-order valence-corrected chi connectivity index (χ3v) is 3.76. The molecule has 4 heteroatoms. The second-order valence-corrected chi connectivity index (χ2v) is 5.52. The highest BCUT2D eigenvalue weighted by molar-refractivity contribution is 7.98. The average molecular weight is 269 g/mol. The number of aliphatic hydroxyl groups is 1. The fourth-order valence-electron chi connectivity index (χ4n) is 2.07. The molecule has 102 valence electrons. The van der Waals surface area contributed by atoms with Crippen molar-refractivity contribution in [3.8, 4) is 5.75 Å². The molecular formula is C14H23NO2S. The Bertz CT molecular complexity index is 382. The molecule has 0 bridgehead atoms. The second-order valence-electron chi connectivity index (χ2n) is 4.54. The quantitative estimate of drug-likeness (QED) is 0.773. The van der Waals surface area contributed by atoms with Gasteiger partial charge in [0.25, 0.3) is 0 Å². The van der Waals surface area contributed by atoms with Gasteiger partial charge in [0, 0.05) is 29.4 Å². The van der Waals surface area contributed by atoms with E-state index in [1.54, 1.807) is 7.11 Å². The predicted molar refractivity (Wildman–Crippen MR) is 77.6 cm³/mol. The van der Waals surface area contributed by atoms with Crippen LogP contribution in [0.2, 0.25) is 0 Å². The van der Waals surface area contributed by atoms with E-state index in [0.29, 0.717) is 6.42 Å². The summed E-state index contributed by atoms with van der Waals surface area (Å²) in [7, 11) is 1.67. The van der Waals surface area contributed by atoms with Crippen LogP contribution in [0, 0.1) is 13.8 Å². The van der Waals surface area contributed by atoms with E-state index in [0.717, 1.165) is 41.2 Å². The molecule has 0 saturated carbocycles. The standard InChI is InChI=1S/C14H23NO2S/c1-10-9-15-13(11(2)14(10)17-3)8-12(16)6-5-7-18-4/h9,12,16H,5-8H2,1-4H3. The molecule has 0 spiro atoms. The molecule has 0 aliphatic rings. The molecule has 1 unspecified atom stereocenters. The monoisotopic (exact) mass is 269 g/mol. The summed E-state index contributed by atoms with van der Waals surface area (Å²) < 4.78 is 5.37. The molecule has 0 aromatic carbocycles. The minimum Gasteiger partial charge on any atom is -0.496 e. The molecular weight excluding hydrogens is 246 g/mol. The largest absolute Gasteiger partial charge is 0.496 e. The number of methoxy groups -OCH3 is 1. The number of aryl methyl sites for hydroxylation is 1. The molecule has 1 N–H and O–H groups in total. The molecule has 0 radical (unpaired) electrons. The van der Waals surface area contributed by atoms with Crippen molar-refractivity contribution in [1.29, 1.82) is 0 Å². The maximum Gasteiger partial charge on any atom is 0.128 e. The molecule has 3 nitrogen and oxygen atoms in total. The Morgan fingerprint density at radius 3 is 2.78 bits per heavy atom. The SMILES string of the molecule is COc1c(C)cnc(CC(O)CCCSC)c1C. The lowest BCUT2D eigenvalue weighted by Gasteiger charge is -2.15. The fourth-order valence-corrected chi connectivity index (χ4v) is 2.52. The lowest BCUT2D eigenvalue weighted by atomic mass is 10.0. The third-order valence-electron chi connectivity index (χ3n) is 3.06. The highest BCUT2D eigenvalue weighted by atomic mass is 32.2. The van der Waals surface area contributed by atoms with Crippen molar-refractivity contribution in [3.63, 3.8) is 0 Å². The van der Waals surface area contributed by atoms with Crippen molar-refractivity contribution in [2.24, 2.45) is 0 Å². The van der Waals surface area contributed by atoms with Crippen LogP contribution in [0.1, 0.15) is 29.7 Å². The van der Waals surface area contributed by atoms with Gasteiger partial charge in [0.15, 0.2) is 0 Å². The van der Waals surface area contributed by atoms with Crippen LogP contribution in [0.4, 0.5) is 0 Å². The summed E-state index contributed by atoms with van der Waals surface area (Å²) in [5.74, 6) is 1.98. The molecule has 1 rings (SSSR count). The van der Waals surface area contributed by atoms with E-state index in [9.17, 15) is 5.11 Å². The summed E-state index contributed by atoms with van der Waals surface area (Å²) >= 11 is 1.81. The lowest BCUT2D eigenvalue weighted by molar-refractivity contribution is 0.163. The molecule has 1 atom stereocenters. The van der Waals surface area contributed by atoms with Gasteiger partial charge in [0.05, 0.1) is 13.2 Å². The van der Waals surface area contributed by atoms with Gasteiger partial charge >= 0.3 is 0 Å². The summed E-state index contributed by atoms with van der Waals surface area (Å²) in [6, 6.07) is 0. The van der Waals surface area contributed by atoms with Crippen molar-refractivity contribution in [2.45, 2.75) is 39.2 Å². The van der Waals surface area contributed by atoms with Gasteiger partial charge in [-0.05, 0) is 38.7 Å². The van der Waals surface area contributed by atoms with E-state index in [-0.39, 0.29) is 6.10 Å². The number of hydrogen-bond acceptors (Lipinski definition) is 4. The molecule has 0 amide bonds. The molecule has 0 aliphatic heterocycles. The Labute approximate surface area is 114 Å². The number of aliphatic hydroxyl groups excluding tert-OH is 1. The minimum atomic E-state index is -0.309. The number of pyridine rings is 1. The Morgan fingerprint density at radius 2 is 2.17 bits per heavy atom. The Morgan fingerprint density at radius 1 is 1.44 bits per heavy atom. The van der Waals surface area contributed by atoms with Gasteiger partial charge in [-0.25, -0.2) is 0 Å². The normalized spacial score (nSPS) is 12.5. The summed E-state index contributed by atoms with van der Waals surface area (Å²) in [6.45, 7) is 3.99. The number of nitrogens with zero attached hydrogens (tertiary/aromatic N) is 1. The topological polar surface area (TPSA) is 42.4 Å². The van der Waals surface area contributed by atoms with Crippen molar-refractivity contribution >= 4 is 11.8 Å². The molecule has 0 saturated heterocycles. The summed E-state index contributed by atoms with van der Waals surface area (Å²) in [6.07, 6.45) is 6.08. The van der Waals surface area contributed by atoms with E-state index in [1.807, 2.05) is 31.8 Å². The van der Waals surface area contributed by atoms with Gasteiger partial charge in [-0.2, -0.15) is 11.8 Å². The number of hydrogen-bond donors (Lipinski definition) is 1. The van der Waals surface area contributed by atoms with Crippen LogP contribution < -0.4 is 4.74 Å². The Hall–Kier alpha value is -0.740. The average Bonchev–Trinajstić information content (AvgIpc) is 2.34. The molecule has 1 aromatic rings. The van der Waals surface area contributed by atoms with Crippen LogP contribution in [-0.4, -0.2) is 35.3 Å². The zero-order valence-corrected chi connectivity index (χ0v) is 12.5. The summed E-state index contributed by atoms with van der Waals surface area (Å²) in [5.41, 5.74) is 3.02. The van der Waals surface area contributed by atoms with E-state index in [2.05, 4.69) is 11.2 Å². The summed E-state index contributed by atoms with van der Waals surface area (Å²) in [5, 5.41) is 10.00. The Kier molecular flexibility index (Phi) is 6.50. The van der Waals surface area contributed by atoms with Crippen LogP contribution >= 0.6 is 11.8 Å². The van der Waals surface area contributed by atoms with E-state index < -0.39 is 0 Å². The number of rotatable bonds is 7. The maximum absolute atomic E-state index is 10.00. The van der Waals surface area contributed by atoms with Crippen molar-refractivity contribution in [3.05, 3.63) is 23.0 Å². The van der Waals surface area contributed by atoms with Crippen LogP contribution in [0.15, 0.2) is 6.20 Å². The van der Waals surface area contributed by atoms with Crippen LogP contribution in [0.25, 0.3) is 0 Å². The zero-order chi connectivity index (χ0) is 13.5. The molecule has 1 heterocycles. The van der Waals surface area contributed by atoms with Crippen LogP contribution in [0.3, 0.4) is 0 Å². The second kappa shape index (κ2) is 7.64. The van der Waals surface area contributed by atoms with Gasteiger partial charge in [-0.1, -0.05) is 0 Å². The molecule has 0 fully saturated rings. The predicted octanol–water partition coefficient (Wildman–Crippen LogP) is 2.75. The smallest absolute Gasteiger partial charge is 0.128 e. The zero-order valence-electron chi connectivity index (χ0n) is 11.7. The van der Waals surface area contributed by atoms with Gasteiger partial charge < -0.3 is 9.84 Å². The first-order chi connectivity index (χ1) is 8.60. The Balaban J connectivity index is 2.67. The van der Waals surface area contributed by atoms with Crippen molar-refractivity contribution < 1.29 is 9.84 Å². The highest BCUT2D eigenvalue weighted by Crippen LogP contribution is 2.25. The van der Waals surface area contributed by atoms with Gasteiger partial charge in [-0.15, -0.1) is 0 Å². The van der Waals surface area contributed by atoms with Crippen LogP contribution in [-0.2, 0) is 6.42 Å². The lowest BCUT2D eigenvalue weighted by Crippen LogP contribution is -2.13. The van der Waals surface area contributed by atoms with Crippen molar-refractivity contribution in [1.82, 2.24) is 4.98 Å². The van der Waals surface area contributed by atoms with E-state index in [1.165, 1.54) is 0 Å². The molecule has 0 aliphatic carbocycles. The van der Waals surface area contributed by atoms with Gasteiger partial charge in [0.2, 0.25) is 0 Å². The fraction of sp³-hybridized carbons (Fsp3) is 0.643. The molecule has 1 aromatic heterocycles. The van der Waals surface area contributed by atoms with Crippen molar-refractivity contribution in [2.75, 3.05) is 19.1 Å². The first kappa shape index (κ1) is 15.3. The minimum absolute atomic E-state index is 0.309. The highest BCUT2D eigenvalue weighted by Gasteiger charge is 2.13. The van der Waals surface area contributed by atoms with Gasteiger partial charge in [-0.3, -0.25) is 4.98 Å². The third kappa shape index (κ3) is 4.18. The first-order valence-corrected chi connectivity index (χ1v) is 7.65. The van der Waals surface area contributed by atoms with E-state index in [4.69, 9.17) is 4.74 Å². The number of ether oxygens (including phenoxy) is 1. The van der Waals surface area contributed by atoms with Gasteiger partial charge in [0.1, 0.15) is 5.75 Å². The molecule has 18 heavy (non-hydrogen) atoms. The van der Waals surface area contributed by atoms with Crippen LogP contribution in [0.5, 0.6) is 5.75 Å². The summed E-state index contributed by atoms with van der Waals surface area (Å²) in [4.78, 5) is 4.41.